The Morgan fingerprint density at radius 1 is 1.50 bits per heavy atom. The van der Waals surface area contributed by atoms with Gasteiger partial charge in [0.05, 0.1) is 25.2 Å². The van der Waals surface area contributed by atoms with E-state index in [1.165, 1.54) is 10.9 Å². The van der Waals surface area contributed by atoms with E-state index >= 15 is 0 Å². The normalized spacial score (nSPS) is 13.6. The number of rotatable bonds is 7. The molecule has 0 saturated heterocycles. The van der Waals surface area contributed by atoms with Crippen LogP contribution in [0.3, 0.4) is 0 Å². The number of ether oxygens (including phenoxy) is 1. The van der Waals surface area contributed by atoms with Gasteiger partial charge < -0.3 is 29.9 Å². The van der Waals surface area contributed by atoms with Gasteiger partial charge >= 0.3 is 7.60 Å². The van der Waals surface area contributed by atoms with Crippen LogP contribution in [0.5, 0.6) is 0 Å². The molecule has 0 aliphatic carbocycles. The highest BCUT2D eigenvalue weighted by atomic mass is 31.2. The lowest BCUT2D eigenvalue weighted by Gasteiger charge is -2.16. The number of hydrogen-bond donors (Lipinski definition) is 5. The van der Waals surface area contributed by atoms with Crippen LogP contribution in [-0.4, -0.2) is 53.3 Å². The van der Waals surface area contributed by atoms with Crippen molar-refractivity contribution in [3.8, 4) is 0 Å². The smallest absolute Gasteiger partial charge is 0.325 e. The molecule has 0 aliphatic heterocycles. The van der Waals surface area contributed by atoms with Crippen molar-refractivity contribution in [3.05, 3.63) is 16.7 Å². The zero-order valence-electron chi connectivity index (χ0n) is 11.4. The lowest BCUT2D eigenvalue weighted by atomic mass is 10.3. The number of nitrogens with two attached hydrogens (primary N) is 1. The Kier molecular flexibility index (Phi) is 4.94. The summed E-state index contributed by atoms with van der Waals surface area (Å²) in [7, 11) is -4.16. The van der Waals surface area contributed by atoms with Gasteiger partial charge in [-0.25, -0.2) is 4.98 Å². The van der Waals surface area contributed by atoms with Crippen molar-refractivity contribution in [1.29, 1.82) is 0 Å². The van der Waals surface area contributed by atoms with Crippen molar-refractivity contribution in [2.75, 3.05) is 18.5 Å². The van der Waals surface area contributed by atoms with Gasteiger partial charge in [-0.05, 0) is 6.42 Å². The molecule has 0 fully saturated rings. The summed E-state index contributed by atoms with van der Waals surface area (Å²) in [6.45, 7) is -0.536. The number of imidazole rings is 1. The fraction of sp³-hybridized carbons (Fsp3) is 0.500. The van der Waals surface area contributed by atoms with Gasteiger partial charge in [-0.3, -0.25) is 14.3 Å². The Labute approximate surface area is 123 Å². The molecular formula is C10H16N5O6P. The number of aromatic amines is 1. The van der Waals surface area contributed by atoms with Crippen molar-refractivity contribution in [2.24, 2.45) is 0 Å². The van der Waals surface area contributed by atoms with Crippen molar-refractivity contribution < 1.29 is 24.2 Å². The Morgan fingerprint density at radius 2 is 2.23 bits per heavy atom. The third-order valence-corrected chi connectivity index (χ3v) is 3.74. The van der Waals surface area contributed by atoms with Crippen LogP contribution in [0, 0.1) is 0 Å². The summed E-state index contributed by atoms with van der Waals surface area (Å²) in [5, 5.41) is 9.16. The summed E-state index contributed by atoms with van der Waals surface area (Å²) in [5.41, 5.74) is 5.22. The van der Waals surface area contributed by atoms with Crippen LogP contribution >= 0.6 is 7.60 Å². The van der Waals surface area contributed by atoms with E-state index in [4.69, 9.17) is 25.4 Å². The van der Waals surface area contributed by atoms with E-state index in [1.807, 2.05) is 0 Å². The molecule has 22 heavy (non-hydrogen) atoms. The van der Waals surface area contributed by atoms with Crippen LogP contribution in [0.15, 0.2) is 11.1 Å². The molecule has 2 rings (SSSR count). The first kappa shape index (κ1) is 16.6. The van der Waals surface area contributed by atoms with Crippen LogP contribution in [0.2, 0.25) is 0 Å². The summed E-state index contributed by atoms with van der Waals surface area (Å²) < 4.78 is 17.5. The van der Waals surface area contributed by atoms with Crippen molar-refractivity contribution in [2.45, 2.75) is 19.3 Å². The molecule has 6 N–H and O–H groups in total. The first-order chi connectivity index (χ1) is 10.3. The fourth-order valence-corrected chi connectivity index (χ4v) is 2.45. The lowest BCUT2D eigenvalue weighted by Crippen LogP contribution is -2.22. The van der Waals surface area contributed by atoms with E-state index < -0.39 is 32.0 Å². The van der Waals surface area contributed by atoms with E-state index in [2.05, 4.69) is 15.0 Å². The monoisotopic (exact) mass is 333 g/mol. The first-order valence-corrected chi connectivity index (χ1v) is 8.07. The van der Waals surface area contributed by atoms with Gasteiger partial charge in [0, 0.05) is 0 Å². The zero-order valence-corrected chi connectivity index (χ0v) is 12.3. The topological polar surface area (TPSA) is 177 Å². The van der Waals surface area contributed by atoms with Gasteiger partial charge in [0.1, 0.15) is 6.73 Å². The number of fused-ring (bicyclic) bond motifs is 1. The Bertz CT molecular complexity index is 752. The number of aliphatic hydroxyl groups excluding tert-OH is 1. The maximum Gasteiger partial charge on any atom is 0.325 e. The van der Waals surface area contributed by atoms with E-state index in [1.54, 1.807) is 0 Å². The molecule has 0 spiro atoms. The predicted molar refractivity (Wildman–Crippen MR) is 76.0 cm³/mol. The molecule has 1 unspecified atom stereocenters. The lowest BCUT2D eigenvalue weighted by molar-refractivity contribution is -0.0238. The second kappa shape index (κ2) is 6.55. The predicted octanol–water partition coefficient (Wildman–Crippen LogP) is -1.40. The molecule has 122 valence electrons. The Hall–Kier alpha value is -1.78. The van der Waals surface area contributed by atoms with Gasteiger partial charge in [-0.15, -0.1) is 0 Å². The number of aromatic nitrogens is 4. The van der Waals surface area contributed by atoms with Crippen LogP contribution < -0.4 is 11.3 Å². The van der Waals surface area contributed by atoms with Crippen LogP contribution in [-0.2, 0) is 16.0 Å². The third-order valence-electron chi connectivity index (χ3n) is 2.90. The molecule has 0 aromatic carbocycles. The van der Waals surface area contributed by atoms with Crippen LogP contribution in [0.4, 0.5) is 5.95 Å². The average Bonchev–Trinajstić information content (AvgIpc) is 2.81. The SMILES string of the molecule is Nc1nc2ncn(COC(CO)CCP(=O)(O)O)c2c(=O)[nH]1. The maximum atomic E-state index is 11.8. The molecule has 0 amide bonds. The van der Waals surface area contributed by atoms with Gasteiger partial charge in [0.15, 0.2) is 11.2 Å². The standard InChI is InChI=1S/C10H16N5O6P/c11-10-13-8-7(9(17)14-10)15(4-12-8)5-21-6(3-16)1-2-22(18,19)20/h4,6,16H,1-3,5H2,(H2,18,19,20)(H3,11,13,14,17). The summed E-state index contributed by atoms with van der Waals surface area (Å²) in [6, 6.07) is 0. The number of hydrogen-bond acceptors (Lipinski definition) is 7. The maximum absolute atomic E-state index is 11.8. The highest BCUT2D eigenvalue weighted by Crippen LogP contribution is 2.35. The fourth-order valence-electron chi connectivity index (χ4n) is 1.83. The highest BCUT2D eigenvalue weighted by molar-refractivity contribution is 7.51. The van der Waals surface area contributed by atoms with E-state index in [0.29, 0.717) is 0 Å². The van der Waals surface area contributed by atoms with Crippen molar-refractivity contribution >= 4 is 24.7 Å². The molecule has 12 heteroatoms. The van der Waals surface area contributed by atoms with Gasteiger partial charge in [-0.2, -0.15) is 4.98 Å². The minimum absolute atomic E-state index is 0.0189. The Morgan fingerprint density at radius 3 is 2.86 bits per heavy atom. The second-order valence-corrected chi connectivity index (χ2v) is 6.39. The number of nitrogens with one attached hydrogen (secondary N) is 1. The molecule has 11 nitrogen and oxygen atoms in total. The highest BCUT2D eigenvalue weighted by Gasteiger charge is 2.18. The molecule has 2 aromatic rings. The number of anilines is 1. The quantitative estimate of drug-likeness (QED) is 0.381. The number of aliphatic hydroxyl groups is 1. The van der Waals surface area contributed by atoms with Crippen LogP contribution in [0.1, 0.15) is 6.42 Å². The molecule has 2 aromatic heterocycles. The summed E-state index contributed by atoms with van der Waals surface area (Å²) >= 11 is 0. The van der Waals surface area contributed by atoms with Gasteiger partial charge in [-0.1, -0.05) is 0 Å². The largest absolute Gasteiger partial charge is 0.394 e. The summed E-state index contributed by atoms with van der Waals surface area (Å²) in [4.78, 5) is 39.5. The minimum atomic E-state index is -4.16. The molecule has 0 saturated carbocycles. The first-order valence-electron chi connectivity index (χ1n) is 6.28. The van der Waals surface area contributed by atoms with E-state index in [9.17, 15) is 9.36 Å². The molecular weight excluding hydrogens is 317 g/mol. The third kappa shape index (κ3) is 4.12. The minimum Gasteiger partial charge on any atom is -0.394 e. The summed E-state index contributed by atoms with van der Waals surface area (Å²) in [5.74, 6) is -0.0569. The molecule has 1 atom stereocenters. The van der Waals surface area contributed by atoms with Crippen LogP contribution in [0.25, 0.3) is 11.2 Å². The molecule has 2 heterocycles. The molecule has 0 radical (unpaired) electrons. The van der Waals surface area contributed by atoms with Gasteiger partial charge in [0.2, 0.25) is 5.95 Å². The average molecular weight is 333 g/mol. The second-order valence-electron chi connectivity index (χ2n) is 4.62. The van der Waals surface area contributed by atoms with E-state index in [-0.39, 0.29) is 30.3 Å². The number of nitrogen functional groups attached to an aromatic ring is 1. The molecule has 0 bridgehead atoms. The number of H-pyrrole nitrogens is 1. The number of nitrogens with zero attached hydrogens (tertiary/aromatic N) is 3. The van der Waals surface area contributed by atoms with Crippen molar-refractivity contribution in [3.63, 3.8) is 0 Å². The Balaban J connectivity index is 2.08. The van der Waals surface area contributed by atoms with E-state index in [0.717, 1.165) is 0 Å². The van der Waals surface area contributed by atoms with Crippen molar-refractivity contribution in [1.82, 2.24) is 19.5 Å². The van der Waals surface area contributed by atoms with Gasteiger partial charge in [0.25, 0.3) is 5.56 Å². The zero-order chi connectivity index (χ0) is 16.3. The molecule has 0 aliphatic rings. The summed E-state index contributed by atoms with van der Waals surface area (Å²) in [6.07, 6.45) is 0.131.